The second kappa shape index (κ2) is 7.17. The van der Waals surface area contributed by atoms with E-state index >= 15 is 0 Å². The number of hydrogen-bond donors (Lipinski definition) is 3. The maximum atomic E-state index is 12.6. The van der Waals surface area contributed by atoms with Crippen molar-refractivity contribution in [2.45, 2.75) is 13.1 Å². The number of hydrogen-bond acceptors (Lipinski definition) is 6. The van der Waals surface area contributed by atoms with E-state index in [1.165, 1.54) is 12.3 Å². The Kier molecular flexibility index (Phi) is 4.66. The van der Waals surface area contributed by atoms with Crippen LogP contribution in [0.4, 0.5) is 29.8 Å². The van der Waals surface area contributed by atoms with Crippen molar-refractivity contribution < 1.29 is 18.0 Å². The number of alkyl halides is 3. The van der Waals surface area contributed by atoms with Crippen molar-refractivity contribution in [1.82, 2.24) is 20.2 Å². The lowest BCUT2D eigenvalue weighted by Crippen LogP contribution is -2.11. The SMILES string of the molecule is Cc1ccc2[nH]ncc2c1NC(=O)c1cnc(Nc2ccc(C(F)(F)F)cn2)s1. The van der Waals surface area contributed by atoms with Crippen molar-refractivity contribution in [2.75, 3.05) is 10.6 Å². The number of aryl methyl sites for hydroxylation is 1. The Morgan fingerprint density at radius 1 is 1.10 bits per heavy atom. The van der Waals surface area contributed by atoms with E-state index in [1.807, 2.05) is 19.1 Å². The summed E-state index contributed by atoms with van der Waals surface area (Å²) in [6.07, 6.45) is -0.697. The van der Waals surface area contributed by atoms with E-state index < -0.39 is 11.7 Å². The molecule has 0 aliphatic rings. The lowest BCUT2D eigenvalue weighted by Gasteiger charge is -2.08. The topological polar surface area (TPSA) is 95.6 Å². The number of carbonyl (C=O) groups excluding carboxylic acids is 1. The van der Waals surface area contributed by atoms with Crippen LogP contribution in [0.5, 0.6) is 0 Å². The van der Waals surface area contributed by atoms with Gasteiger partial charge in [-0.05, 0) is 30.7 Å². The number of aromatic amines is 1. The normalized spacial score (nSPS) is 11.6. The summed E-state index contributed by atoms with van der Waals surface area (Å²) >= 11 is 1.06. The highest BCUT2D eigenvalue weighted by Crippen LogP contribution is 2.30. The molecule has 4 aromatic rings. The molecular formula is C18H13F3N6OS. The number of halogens is 3. The number of aromatic nitrogens is 4. The molecule has 0 aliphatic heterocycles. The number of nitrogens with one attached hydrogen (secondary N) is 3. The Labute approximate surface area is 166 Å². The second-order valence-electron chi connectivity index (χ2n) is 6.13. The molecule has 11 heteroatoms. The predicted octanol–water partition coefficient (Wildman–Crippen LogP) is 4.74. The average Bonchev–Trinajstić information content (AvgIpc) is 3.33. The first-order valence-electron chi connectivity index (χ1n) is 8.31. The fraction of sp³-hybridized carbons (Fsp3) is 0.111. The quantitative estimate of drug-likeness (QED) is 0.445. The van der Waals surface area contributed by atoms with E-state index in [9.17, 15) is 18.0 Å². The zero-order chi connectivity index (χ0) is 20.6. The van der Waals surface area contributed by atoms with Gasteiger partial charge in [0.15, 0.2) is 5.13 Å². The van der Waals surface area contributed by atoms with Crippen LogP contribution in [0.2, 0.25) is 0 Å². The number of nitrogens with zero attached hydrogens (tertiary/aromatic N) is 3. The van der Waals surface area contributed by atoms with E-state index in [2.05, 4.69) is 30.8 Å². The molecule has 7 nitrogen and oxygen atoms in total. The Hall–Kier alpha value is -3.47. The van der Waals surface area contributed by atoms with Gasteiger partial charge in [-0.15, -0.1) is 0 Å². The number of thiazole rings is 1. The van der Waals surface area contributed by atoms with Gasteiger partial charge in [0.25, 0.3) is 5.91 Å². The van der Waals surface area contributed by atoms with Crippen LogP contribution in [-0.4, -0.2) is 26.1 Å². The molecule has 3 aromatic heterocycles. The van der Waals surface area contributed by atoms with Gasteiger partial charge < -0.3 is 10.6 Å². The van der Waals surface area contributed by atoms with Gasteiger partial charge in [0, 0.05) is 11.6 Å². The second-order valence-corrected chi connectivity index (χ2v) is 7.16. The van der Waals surface area contributed by atoms with Crippen LogP contribution < -0.4 is 10.6 Å². The summed E-state index contributed by atoms with van der Waals surface area (Å²) < 4.78 is 37.8. The largest absolute Gasteiger partial charge is 0.417 e. The molecule has 0 bridgehead atoms. The van der Waals surface area contributed by atoms with Gasteiger partial charge >= 0.3 is 6.18 Å². The molecule has 29 heavy (non-hydrogen) atoms. The van der Waals surface area contributed by atoms with E-state index in [0.717, 1.165) is 40.1 Å². The standard InChI is InChI=1S/C18H13F3N6OS/c1-9-2-4-12-11(7-24-27-12)15(9)26-16(28)13-8-23-17(29-13)25-14-5-3-10(6-22-14)18(19,20)21/h2-8H,1H3,(H,24,27)(H,26,28)(H,22,23,25). The number of amides is 1. The van der Waals surface area contributed by atoms with E-state index in [-0.39, 0.29) is 11.7 Å². The van der Waals surface area contributed by atoms with Crippen molar-refractivity contribution in [2.24, 2.45) is 0 Å². The number of pyridine rings is 1. The maximum absolute atomic E-state index is 12.6. The highest BCUT2D eigenvalue weighted by Gasteiger charge is 2.30. The summed E-state index contributed by atoms with van der Waals surface area (Å²) in [4.78, 5) is 20.8. The number of rotatable bonds is 4. The fourth-order valence-electron chi connectivity index (χ4n) is 2.65. The lowest BCUT2D eigenvalue weighted by atomic mass is 10.1. The molecule has 4 rings (SSSR count). The van der Waals surface area contributed by atoms with Crippen LogP contribution >= 0.6 is 11.3 Å². The monoisotopic (exact) mass is 418 g/mol. The molecule has 0 saturated carbocycles. The molecule has 3 N–H and O–H groups in total. The van der Waals surface area contributed by atoms with Gasteiger partial charge in [-0.1, -0.05) is 17.4 Å². The molecule has 3 heterocycles. The average molecular weight is 418 g/mol. The molecule has 0 aliphatic carbocycles. The Morgan fingerprint density at radius 2 is 1.93 bits per heavy atom. The van der Waals surface area contributed by atoms with Crippen LogP contribution in [-0.2, 0) is 6.18 Å². The summed E-state index contributed by atoms with van der Waals surface area (Å²) in [5, 5.41) is 13.6. The molecule has 1 aromatic carbocycles. The third kappa shape index (κ3) is 3.90. The van der Waals surface area contributed by atoms with Gasteiger partial charge in [-0.25, -0.2) is 9.97 Å². The van der Waals surface area contributed by atoms with Gasteiger partial charge in [0.1, 0.15) is 10.7 Å². The van der Waals surface area contributed by atoms with Crippen molar-refractivity contribution in [3.8, 4) is 0 Å². The smallest absolute Gasteiger partial charge is 0.320 e. The molecule has 1 amide bonds. The van der Waals surface area contributed by atoms with Crippen LogP contribution in [0.3, 0.4) is 0 Å². The summed E-state index contributed by atoms with van der Waals surface area (Å²) in [6, 6.07) is 5.86. The highest BCUT2D eigenvalue weighted by molar-refractivity contribution is 7.17. The molecule has 0 unspecified atom stereocenters. The van der Waals surface area contributed by atoms with Crippen molar-refractivity contribution in [3.63, 3.8) is 0 Å². The summed E-state index contributed by atoms with van der Waals surface area (Å²) in [7, 11) is 0. The molecular weight excluding hydrogens is 405 g/mol. The molecule has 0 spiro atoms. The number of carbonyl (C=O) groups is 1. The van der Waals surface area contributed by atoms with Crippen LogP contribution in [0, 0.1) is 6.92 Å². The minimum atomic E-state index is -4.45. The van der Waals surface area contributed by atoms with Gasteiger partial charge in [0.05, 0.1) is 29.2 Å². The highest BCUT2D eigenvalue weighted by atomic mass is 32.1. The third-order valence-electron chi connectivity index (χ3n) is 4.13. The Morgan fingerprint density at radius 3 is 2.66 bits per heavy atom. The van der Waals surface area contributed by atoms with Gasteiger partial charge in [-0.2, -0.15) is 18.3 Å². The molecule has 0 saturated heterocycles. The first-order valence-corrected chi connectivity index (χ1v) is 9.13. The Balaban J connectivity index is 1.49. The van der Waals surface area contributed by atoms with Crippen LogP contribution in [0.25, 0.3) is 10.9 Å². The van der Waals surface area contributed by atoms with Crippen molar-refractivity contribution >= 4 is 44.8 Å². The number of benzene rings is 1. The number of anilines is 3. The minimum absolute atomic E-state index is 0.193. The van der Waals surface area contributed by atoms with Crippen LogP contribution in [0.15, 0.2) is 42.9 Å². The predicted molar refractivity (Wildman–Crippen MR) is 103 cm³/mol. The summed E-state index contributed by atoms with van der Waals surface area (Å²) in [5.41, 5.74) is 1.48. The Bertz CT molecular complexity index is 1180. The fourth-order valence-corrected chi connectivity index (χ4v) is 3.37. The molecule has 0 atom stereocenters. The van der Waals surface area contributed by atoms with Gasteiger partial charge in [0.2, 0.25) is 0 Å². The maximum Gasteiger partial charge on any atom is 0.417 e. The van der Waals surface area contributed by atoms with E-state index in [0.29, 0.717) is 15.7 Å². The van der Waals surface area contributed by atoms with Crippen molar-refractivity contribution in [1.29, 1.82) is 0 Å². The lowest BCUT2D eigenvalue weighted by molar-refractivity contribution is -0.137. The molecule has 0 fully saturated rings. The summed E-state index contributed by atoms with van der Waals surface area (Å²) in [6.45, 7) is 1.87. The molecule has 148 valence electrons. The zero-order valence-corrected chi connectivity index (χ0v) is 15.6. The number of fused-ring (bicyclic) bond motifs is 1. The third-order valence-corrected chi connectivity index (χ3v) is 5.04. The van der Waals surface area contributed by atoms with Gasteiger partial charge in [-0.3, -0.25) is 9.89 Å². The zero-order valence-electron chi connectivity index (χ0n) is 14.8. The van der Waals surface area contributed by atoms with E-state index in [4.69, 9.17) is 0 Å². The number of H-pyrrole nitrogens is 1. The van der Waals surface area contributed by atoms with E-state index in [1.54, 1.807) is 6.20 Å². The molecule has 0 radical (unpaired) electrons. The first kappa shape index (κ1) is 18.9. The van der Waals surface area contributed by atoms with Crippen molar-refractivity contribution in [3.05, 3.63) is 58.9 Å². The minimum Gasteiger partial charge on any atom is -0.320 e. The first-order chi connectivity index (χ1) is 13.8. The van der Waals surface area contributed by atoms with Crippen LogP contribution in [0.1, 0.15) is 20.8 Å². The summed E-state index contributed by atoms with van der Waals surface area (Å²) in [5.74, 6) is -0.161.